The minimum atomic E-state index is -0.145. The van der Waals surface area contributed by atoms with Gasteiger partial charge < -0.3 is 15.8 Å². The van der Waals surface area contributed by atoms with Crippen molar-refractivity contribution in [2.45, 2.75) is 13.8 Å². The van der Waals surface area contributed by atoms with Gasteiger partial charge in [-0.25, -0.2) is 9.97 Å². The third kappa shape index (κ3) is 2.69. The molecule has 1 amide bonds. The van der Waals surface area contributed by atoms with Crippen molar-refractivity contribution in [3.63, 3.8) is 0 Å². The van der Waals surface area contributed by atoms with E-state index in [0.717, 1.165) is 0 Å². The van der Waals surface area contributed by atoms with E-state index in [1.165, 1.54) is 13.3 Å². The molecular weight excluding hydrogens is 256 g/mol. The van der Waals surface area contributed by atoms with Gasteiger partial charge in [-0.05, 0) is 25.1 Å². The van der Waals surface area contributed by atoms with Gasteiger partial charge in [0.05, 0.1) is 18.5 Å². The molecule has 0 radical (unpaired) electrons. The first-order chi connectivity index (χ1) is 9.52. The van der Waals surface area contributed by atoms with Crippen LogP contribution in [0.1, 0.15) is 12.6 Å². The zero-order valence-electron chi connectivity index (χ0n) is 11.6. The number of nitrogens with two attached hydrogens (primary N) is 1. The van der Waals surface area contributed by atoms with Gasteiger partial charge in [0.15, 0.2) is 0 Å². The lowest BCUT2D eigenvalue weighted by molar-refractivity contribution is -0.114. The molecule has 6 heteroatoms. The Bertz CT molecular complexity index is 656. The van der Waals surface area contributed by atoms with Crippen LogP contribution in [0, 0.1) is 6.92 Å². The maximum absolute atomic E-state index is 11.1. The van der Waals surface area contributed by atoms with E-state index < -0.39 is 0 Å². The number of hydrogen-bond acceptors (Lipinski definition) is 5. The SMILES string of the molecule is COc1ccc(NC(C)=O)cc1-c1ncnc(C)c1N. The van der Waals surface area contributed by atoms with E-state index in [1.54, 1.807) is 25.3 Å². The van der Waals surface area contributed by atoms with Crippen LogP contribution in [0.15, 0.2) is 24.5 Å². The zero-order valence-corrected chi connectivity index (χ0v) is 11.6. The molecule has 0 spiro atoms. The molecule has 104 valence electrons. The van der Waals surface area contributed by atoms with Crippen LogP contribution in [0.25, 0.3) is 11.3 Å². The number of nitrogens with one attached hydrogen (secondary N) is 1. The van der Waals surface area contributed by atoms with Crippen molar-refractivity contribution in [1.82, 2.24) is 9.97 Å². The molecule has 6 nitrogen and oxygen atoms in total. The largest absolute Gasteiger partial charge is 0.496 e. The molecule has 0 bridgehead atoms. The first-order valence-electron chi connectivity index (χ1n) is 6.06. The van der Waals surface area contributed by atoms with Gasteiger partial charge in [0.25, 0.3) is 0 Å². The molecule has 0 aliphatic carbocycles. The molecule has 1 aromatic carbocycles. The molecule has 0 atom stereocenters. The number of hydrogen-bond donors (Lipinski definition) is 2. The second kappa shape index (κ2) is 5.56. The molecule has 2 aromatic rings. The van der Waals surface area contributed by atoms with Crippen LogP contribution in [0.2, 0.25) is 0 Å². The van der Waals surface area contributed by atoms with E-state index in [-0.39, 0.29) is 5.91 Å². The zero-order chi connectivity index (χ0) is 14.7. The molecule has 1 aromatic heterocycles. The fourth-order valence-electron chi connectivity index (χ4n) is 1.87. The van der Waals surface area contributed by atoms with Crippen molar-refractivity contribution in [3.8, 4) is 17.0 Å². The molecule has 0 aliphatic heterocycles. The number of ether oxygens (including phenoxy) is 1. The quantitative estimate of drug-likeness (QED) is 0.891. The van der Waals surface area contributed by atoms with Crippen LogP contribution < -0.4 is 15.8 Å². The first-order valence-corrected chi connectivity index (χ1v) is 6.06. The lowest BCUT2D eigenvalue weighted by Gasteiger charge is -2.13. The average Bonchev–Trinajstić information content (AvgIpc) is 2.41. The third-order valence-electron chi connectivity index (χ3n) is 2.86. The summed E-state index contributed by atoms with van der Waals surface area (Å²) >= 11 is 0. The highest BCUT2D eigenvalue weighted by Gasteiger charge is 2.13. The number of methoxy groups -OCH3 is 1. The Morgan fingerprint density at radius 1 is 1.35 bits per heavy atom. The van der Waals surface area contributed by atoms with Crippen LogP contribution in [-0.4, -0.2) is 23.0 Å². The Morgan fingerprint density at radius 2 is 2.10 bits per heavy atom. The number of nitrogen functional groups attached to an aromatic ring is 1. The normalized spacial score (nSPS) is 10.2. The Morgan fingerprint density at radius 3 is 2.75 bits per heavy atom. The van der Waals surface area contributed by atoms with Gasteiger partial charge in [0, 0.05) is 18.2 Å². The second-order valence-corrected chi connectivity index (χ2v) is 4.32. The minimum absolute atomic E-state index is 0.145. The van der Waals surface area contributed by atoms with Crippen molar-refractivity contribution in [1.29, 1.82) is 0 Å². The summed E-state index contributed by atoms with van der Waals surface area (Å²) in [5, 5.41) is 2.72. The molecular formula is C14H16N4O2. The van der Waals surface area contributed by atoms with Gasteiger partial charge in [0.2, 0.25) is 5.91 Å². The molecule has 20 heavy (non-hydrogen) atoms. The van der Waals surface area contributed by atoms with Crippen molar-refractivity contribution in [2.24, 2.45) is 0 Å². The lowest BCUT2D eigenvalue weighted by atomic mass is 10.1. The summed E-state index contributed by atoms with van der Waals surface area (Å²) in [6.45, 7) is 3.26. The van der Waals surface area contributed by atoms with E-state index in [4.69, 9.17) is 10.5 Å². The summed E-state index contributed by atoms with van der Waals surface area (Å²) in [6, 6.07) is 5.30. The molecule has 0 saturated heterocycles. The predicted molar refractivity (Wildman–Crippen MR) is 77.5 cm³/mol. The standard InChI is InChI=1S/C14H16N4O2/c1-8-13(15)14(17-7-16-8)11-6-10(18-9(2)19)4-5-12(11)20-3/h4-7H,15H2,1-3H3,(H,18,19). The van der Waals surface area contributed by atoms with E-state index in [0.29, 0.717) is 34.1 Å². The van der Waals surface area contributed by atoms with Gasteiger partial charge in [-0.15, -0.1) is 0 Å². The number of nitrogens with zero attached hydrogens (tertiary/aromatic N) is 2. The van der Waals surface area contributed by atoms with Crippen LogP contribution in [0.3, 0.4) is 0 Å². The molecule has 2 rings (SSSR count). The van der Waals surface area contributed by atoms with E-state index >= 15 is 0 Å². The summed E-state index contributed by atoms with van der Waals surface area (Å²) in [6.07, 6.45) is 1.45. The number of benzene rings is 1. The van der Waals surface area contributed by atoms with Crippen LogP contribution >= 0.6 is 0 Å². The maximum atomic E-state index is 11.1. The molecule has 0 fully saturated rings. The van der Waals surface area contributed by atoms with Crippen LogP contribution in [0.4, 0.5) is 11.4 Å². The van der Waals surface area contributed by atoms with Gasteiger partial charge >= 0.3 is 0 Å². The van der Waals surface area contributed by atoms with Crippen molar-refractivity contribution >= 4 is 17.3 Å². The summed E-state index contributed by atoms with van der Waals surface area (Å²) in [7, 11) is 1.57. The summed E-state index contributed by atoms with van der Waals surface area (Å²) < 4.78 is 5.33. The summed E-state index contributed by atoms with van der Waals surface area (Å²) in [5.41, 5.74) is 9.16. The average molecular weight is 272 g/mol. The minimum Gasteiger partial charge on any atom is -0.496 e. The Labute approximate surface area is 117 Å². The Hall–Kier alpha value is -2.63. The number of rotatable bonds is 3. The number of aromatic nitrogens is 2. The molecule has 3 N–H and O–H groups in total. The van der Waals surface area contributed by atoms with Gasteiger partial charge in [-0.1, -0.05) is 0 Å². The summed E-state index contributed by atoms with van der Waals surface area (Å²) in [5.74, 6) is 0.483. The van der Waals surface area contributed by atoms with Gasteiger partial charge in [-0.2, -0.15) is 0 Å². The number of anilines is 2. The molecule has 1 heterocycles. The number of carbonyl (C=O) groups is 1. The fraction of sp³-hybridized carbons (Fsp3) is 0.214. The molecule has 0 aliphatic rings. The van der Waals surface area contributed by atoms with Crippen molar-refractivity contribution in [3.05, 3.63) is 30.2 Å². The monoisotopic (exact) mass is 272 g/mol. The maximum Gasteiger partial charge on any atom is 0.221 e. The fourth-order valence-corrected chi connectivity index (χ4v) is 1.87. The lowest BCUT2D eigenvalue weighted by Crippen LogP contribution is -2.06. The highest BCUT2D eigenvalue weighted by Crippen LogP contribution is 2.34. The number of amides is 1. The molecule has 0 unspecified atom stereocenters. The topological polar surface area (TPSA) is 90.1 Å². The third-order valence-corrected chi connectivity index (χ3v) is 2.86. The first kappa shape index (κ1) is 13.8. The van der Waals surface area contributed by atoms with Crippen LogP contribution in [-0.2, 0) is 4.79 Å². The smallest absolute Gasteiger partial charge is 0.221 e. The van der Waals surface area contributed by atoms with Crippen molar-refractivity contribution in [2.75, 3.05) is 18.2 Å². The second-order valence-electron chi connectivity index (χ2n) is 4.32. The number of aryl methyl sites for hydroxylation is 1. The molecule has 0 saturated carbocycles. The highest BCUT2D eigenvalue weighted by molar-refractivity contribution is 5.90. The van der Waals surface area contributed by atoms with Crippen molar-refractivity contribution < 1.29 is 9.53 Å². The van der Waals surface area contributed by atoms with Crippen LogP contribution in [0.5, 0.6) is 5.75 Å². The Kier molecular flexibility index (Phi) is 3.84. The van der Waals surface area contributed by atoms with E-state index in [2.05, 4.69) is 15.3 Å². The van der Waals surface area contributed by atoms with E-state index in [1.807, 2.05) is 6.92 Å². The number of carbonyl (C=O) groups excluding carboxylic acids is 1. The Balaban J connectivity index is 2.58. The summed E-state index contributed by atoms with van der Waals surface area (Å²) in [4.78, 5) is 19.4. The van der Waals surface area contributed by atoms with Gasteiger partial charge in [0.1, 0.15) is 17.8 Å². The van der Waals surface area contributed by atoms with E-state index in [9.17, 15) is 4.79 Å². The predicted octanol–water partition coefficient (Wildman–Crippen LogP) is 2.00. The van der Waals surface area contributed by atoms with Gasteiger partial charge in [-0.3, -0.25) is 4.79 Å². The highest BCUT2D eigenvalue weighted by atomic mass is 16.5.